The third kappa shape index (κ3) is 3.27. The molecule has 7 rings (SSSR count). The van der Waals surface area contributed by atoms with Crippen molar-refractivity contribution >= 4 is 23.2 Å². The summed E-state index contributed by atoms with van der Waals surface area (Å²) in [6.07, 6.45) is 4.83. The standard InChI is InChI=1S/C26H28ClN5O2/c1-14(17-5-3-4-16(10-28)23(17)27)29-25(34)20-13-32(26-7-15(8-26)9-26)22(33)6-21(20)30-24-18-11-31(2)12-19(18)24/h3-6,13-15,18-19,24,30H,7-9,11-12H2,1-2H3,(H,29,34)/t14-,15?,18-,19+,24-,26?/m0/s1. The van der Waals surface area contributed by atoms with Crippen LogP contribution in [0.3, 0.4) is 0 Å². The third-order valence-corrected chi connectivity index (χ3v) is 8.90. The number of halogens is 1. The van der Waals surface area contributed by atoms with Gasteiger partial charge in [-0.25, -0.2) is 0 Å². The molecule has 0 unspecified atom stereocenters. The van der Waals surface area contributed by atoms with Crippen molar-refractivity contribution in [1.29, 1.82) is 5.26 Å². The van der Waals surface area contributed by atoms with Gasteiger partial charge in [-0.2, -0.15) is 5.26 Å². The number of fused-ring (bicyclic) bond motifs is 1. The Hall–Kier alpha value is -2.82. The highest BCUT2D eigenvalue weighted by Gasteiger charge is 2.58. The maximum atomic E-state index is 13.5. The van der Waals surface area contributed by atoms with Gasteiger partial charge in [0.05, 0.1) is 27.9 Å². The number of carbonyl (C=O) groups is 1. The first-order valence-corrected chi connectivity index (χ1v) is 12.4. The van der Waals surface area contributed by atoms with Crippen LogP contribution in [0.1, 0.15) is 53.7 Å². The molecule has 7 nitrogen and oxygen atoms in total. The second kappa shape index (κ2) is 7.59. The van der Waals surface area contributed by atoms with E-state index in [1.807, 2.05) is 13.0 Å². The van der Waals surface area contributed by atoms with Crippen LogP contribution in [-0.4, -0.2) is 41.6 Å². The van der Waals surface area contributed by atoms with Gasteiger partial charge in [0.15, 0.2) is 0 Å². The number of nitrogens with one attached hydrogen (secondary N) is 2. The number of hydrogen-bond donors (Lipinski definition) is 2. The van der Waals surface area contributed by atoms with Crippen molar-refractivity contribution in [1.82, 2.24) is 14.8 Å². The molecule has 1 aromatic heterocycles. The maximum Gasteiger partial charge on any atom is 0.255 e. The molecule has 2 N–H and O–H groups in total. The Bertz CT molecular complexity index is 1270. The zero-order valence-electron chi connectivity index (χ0n) is 19.3. The number of likely N-dealkylation sites (tertiary alicyclic amines) is 1. The van der Waals surface area contributed by atoms with Crippen LogP contribution >= 0.6 is 11.6 Å². The largest absolute Gasteiger partial charge is 0.381 e. The number of carbonyl (C=O) groups excluding carboxylic acids is 1. The minimum absolute atomic E-state index is 0.0436. The van der Waals surface area contributed by atoms with Crippen LogP contribution in [0.2, 0.25) is 5.02 Å². The summed E-state index contributed by atoms with van der Waals surface area (Å²) in [7, 11) is 2.13. The summed E-state index contributed by atoms with van der Waals surface area (Å²) in [4.78, 5) is 28.9. The maximum absolute atomic E-state index is 13.5. The lowest BCUT2D eigenvalue weighted by Gasteiger charge is -2.62. The van der Waals surface area contributed by atoms with Gasteiger partial charge in [0, 0.05) is 36.9 Å². The Morgan fingerprint density at radius 2 is 1.97 bits per heavy atom. The van der Waals surface area contributed by atoms with Crippen LogP contribution in [0.4, 0.5) is 5.69 Å². The Labute approximate surface area is 203 Å². The Balaban J connectivity index is 1.30. The molecular weight excluding hydrogens is 450 g/mol. The van der Waals surface area contributed by atoms with E-state index in [9.17, 15) is 14.9 Å². The molecule has 5 aliphatic rings. The fourth-order valence-electron chi connectivity index (χ4n) is 6.39. The number of nitriles is 1. The minimum Gasteiger partial charge on any atom is -0.381 e. The molecular formula is C26H28ClN5O2. The highest BCUT2D eigenvalue weighted by Crippen LogP contribution is 2.61. The van der Waals surface area contributed by atoms with Crippen LogP contribution in [0.25, 0.3) is 0 Å². The summed E-state index contributed by atoms with van der Waals surface area (Å²) < 4.78 is 1.79. The number of amides is 1. The molecule has 5 fully saturated rings. The lowest BCUT2D eigenvalue weighted by Crippen LogP contribution is -2.62. The lowest BCUT2D eigenvalue weighted by molar-refractivity contribution is -0.0914. The van der Waals surface area contributed by atoms with E-state index in [4.69, 9.17) is 11.6 Å². The molecule has 0 spiro atoms. The van der Waals surface area contributed by atoms with Crippen molar-refractivity contribution in [3.05, 3.63) is 62.5 Å². The van der Waals surface area contributed by atoms with Crippen LogP contribution in [-0.2, 0) is 5.54 Å². The quantitative estimate of drug-likeness (QED) is 0.666. The van der Waals surface area contributed by atoms with Gasteiger partial charge >= 0.3 is 0 Å². The van der Waals surface area contributed by atoms with Gasteiger partial charge in [-0.15, -0.1) is 0 Å². The predicted molar refractivity (Wildman–Crippen MR) is 130 cm³/mol. The van der Waals surface area contributed by atoms with Gasteiger partial charge in [0.2, 0.25) is 0 Å². The molecule has 0 radical (unpaired) electrons. The number of hydrogen-bond acceptors (Lipinski definition) is 5. The van der Waals surface area contributed by atoms with Crippen molar-refractivity contribution in [2.75, 3.05) is 25.5 Å². The van der Waals surface area contributed by atoms with Gasteiger partial charge in [-0.1, -0.05) is 23.7 Å². The molecule has 1 saturated heterocycles. The number of pyridine rings is 1. The fraction of sp³-hybridized carbons (Fsp3) is 0.500. The zero-order valence-corrected chi connectivity index (χ0v) is 20.1. The summed E-state index contributed by atoms with van der Waals surface area (Å²) in [5.41, 5.74) is 2.02. The highest BCUT2D eigenvalue weighted by atomic mass is 35.5. The van der Waals surface area contributed by atoms with Crippen LogP contribution in [0.5, 0.6) is 0 Å². The van der Waals surface area contributed by atoms with Crippen molar-refractivity contribution in [2.45, 2.75) is 43.8 Å². The number of aromatic nitrogens is 1. The monoisotopic (exact) mass is 477 g/mol. The molecule has 1 amide bonds. The van der Waals surface area contributed by atoms with E-state index in [0.717, 1.165) is 38.3 Å². The Morgan fingerprint density at radius 3 is 2.59 bits per heavy atom. The molecule has 4 aliphatic carbocycles. The number of anilines is 1. The van der Waals surface area contributed by atoms with Gasteiger partial charge in [-0.3, -0.25) is 9.59 Å². The Kier molecular flexibility index (Phi) is 4.84. The highest BCUT2D eigenvalue weighted by molar-refractivity contribution is 6.32. The molecule has 2 bridgehead atoms. The van der Waals surface area contributed by atoms with E-state index in [-0.39, 0.29) is 17.0 Å². The fourth-order valence-corrected chi connectivity index (χ4v) is 6.72. The lowest BCUT2D eigenvalue weighted by atomic mass is 9.49. The van der Waals surface area contributed by atoms with Crippen molar-refractivity contribution in [3.8, 4) is 6.07 Å². The van der Waals surface area contributed by atoms with E-state index in [2.05, 4.69) is 28.7 Å². The van der Waals surface area contributed by atoms with Crippen molar-refractivity contribution < 1.29 is 4.79 Å². The molecule has 2 aromatic rings. The van der Waals surface area contributed by atoms with Gasteiger partial charge in [0.1, 0.15) is 6.07 Å². The number of benzene rings is 1. The molecule has 1 aromatic carbocycles. The van der Waals surface area contributed by atoms with Gasteiger partial charge in [0.25, 0.3) is 11.5 Å². The average Bonchev–Trinajstić information content (AvgIpc) is 3.18. The molecule has 2 heterocycles. The number of piperidine rings is 1. The zero-order chi connectivity index (χ0) is 23.8. The van der Waals surface area contributed by atoms with E-state index >= 15 is 0 Å². The second-order valence-electron chi connectivity index (χ2n) is 10.7. The van der Waals surface area contributed by atoms with Crippen LogP contribution in [0, 0.1) is 29.1 Å². The summed E-state index contributed by atoms with van der Waals surface area (Å²) in [6.45, 7) is 3.93. The van der Waals surface area contributed by atoms with Crippen molar-refractivity contribution in [2.24, 2.45) is 17.8 Å². The Morgan fingerprint density at radius 1 is 1.26 bits per heavy atom. The molecule has 4 saturated carbocycles. The topological polar surface area (TPSA) is 90.2 Å². The molecule has 4 atom stereocenters. The first kappa shape index (κ1) is 21.7. The predicted octanol–water partition coefficient (Wildman–Crippen LogP) is 3.35. The first-order valence-electron chi connectivity index (χ1n) is 12.0. The summed E-state index contributed by atoms with van der Waals surface area (Å²) in [5, 5.41) is 16.2. The van der Waals surface area contributed by atoms with Crippen molar-refractivity contribution in [3.63, 3.8) is 0 Å². The summed E-state index contributed by atoms with van der Waals surface area (Å²) >= 11 is 6.41. The van der Waals surface area contributed by atoms with Gasteiger partial charge in [-0.05, 0) is 62.6 Å². The summed E-state index contributed by atoms with van der Waals surface area (Å²) in [5.74, 6) is 1.59. The first-order chi connectivity index (χ1) is 16.3. The number of rotatable bonds is 6. The normalized spacial score (nSPS) is 31.5. The molecule has 1 aliphatic heterocycles. The second-order valence-corrected chi connectivity index (χ2v) is 11.1. The number of nitrogens with zero attached hydrogens (tertiary/aromatic N) is 3. The van der Waals surface area contributed by atoms with Crippen LogP contribution < -0.4 is 16.2 Å². The van der Waals surface area contributed by atoms with E-state index < -0.39 is 6.04 Å². The van der Waals surface area contributed by atoms with E-state index in [1.165, 1.54) is 0 Å². The van der Waals surface area contributed by atoms with Crippen LogP contribution in [0.15, 0.2) is 35.3 Å². The SMILES string of the molecule is C[C@H](NC(=O)c1cn(C23CC(C2)C3)c(=O)cc1N[C@@H]1[C@@H]2CN(C)C[C@@H]21)c1cccc(C#N)c1Cl. The molecule has 176 valence electrons. The average molecular weight is 478 g/mol. The molecule has 34 heavy (non-hydrogen) atoms. The summed E-state index contributed by atoms with van der Waals surface area (Å²) in [6, 6.07) is 8.84. The van der Waals surface area contributed by atoms with E-state index in [1.54, 1.807) is 29.0 Å². The smallest absolute Gasteiger partial charge is 0.255 e. The molecule has 8 heteroatoms. The van der Waals surface area contributed by atoms with Gasteiger partial charge < -0.3 is 20.1 Å². The minimum atomic E-state index is -0.398. The van der Waals surface area contributed by atoms with E-state index in [0.29, 0.717) is 45.3 Å². The third-order valence-electron chi connectivity index (χ3n) is 8.48.